The second kappa shape index (κ2) is 10.2. The predicted octanol–water partition coefficient (Wildman–Crippen LogP) is 9.19. The molecule has 5 aliphatic rings. The van der Waals surface area contributed by atoms with Crippen LogP contribution in [-0.2, 0) is 19.1 Å². The number of fused-ring (bicyclic) bond motifs is 7. The van der Waals surface area contributed by atoms with E-state index in [1.54, 1.807) is 6.07 Å². The summed E-state index contributed by atoms with van der Waals surface area (Å²) >= 11 is 6.42. The molecule has 6 heteroatoms. The van der Waals surface area contributed by atoms with Crippen LogP contribution in [0.5, 0.6) is 0 Å². The molecule has 0 heterocycles. The quantitative estimate of drug-likeness (QED) is 0.342. The molecule has 5 aliphatic carbocycles. The van der Waals surface area contributed by atoms with E-state index < -0.39 is 5.41 Å². The van der Waals surface area contributed by atoms with E-state index in [-0.39, 0.29) is 62.7 Å². The van der Waals surface area contributed by atoms with E-state index >= 15 is 0 Å². The highest BCUT2D eigenvalue weighted by Crippen LogP contribution is 2.75. The Hall–Kier alpha value is -2.14. The zero-order chi connectivity index (χ0) is 32.1. The Bertz CT molecular complexity index is 1430. The maximum Gasteiger partial charge on any atom is 0.302 e. The summed E-state index contributed by atoms with van der Waals surface area (Å²) in [6.07, 6.45) is 10.4. The summed E-state index contributed by atoms with van der Waals surface area (Å²) in [5.41, 5.74) is 0.845. The number of ether oxygens (including phenoxy) is 1. The molecule has 0 bridgehead atoms. The van der Waals surface area contributed by atoms with E-state index in [0.29, 0.717) is 16.6 Å². The first-order valence-corrected chi connectivity index (χ1v) is 17.3. The molecular weight excluding hydrogens is 570 g/mol. The molecule has 0 aliphatic heterocycles. The van der Waals surface area contributed by atoms with Gasteiger partial charge in [0, 0.05) is 23.7 Å². The fourth-order valence-corrected chi connectivity index (χ4v) is 11.8. The van der Waals surface area contributed by atoms with Gasteiger partial charge in [-0.25, -0.2) is 0 Å². The van der Waals surface area contributed by atoms with Crippen molar-refractivity contribution in [2.45, 2.75) is 119 Å². The topological polar surface area (TPSA) is 72.5 Å². The van der Waals surface area contributed by atoms with Crippen molar-refractivity contribution in [2.75, 3.05) is 5.32 Å². The highest BCUT2D eigenvalue weighted by molar-refractivity contribution is 6.33. The molecule has 0 spiro atoms. The highest BCUT2D eigenvalue weighted by Gasteiger charge is 2.70. The molecule has 0 unspecified atom stereocenters. The number of benzene rings is 1. The van der Waals surface area contributed by atoms with E-state index in [1.165, 1.54) is 12.5 Å². The van der Waals surface area contributed by atoms with Crippen molar-refractivity contribution in [1.29, 1.82) is 0 Å². The average molecular weight is 622 g/mol. The van der Waals surface area contributed by atoms with E-state index in [9.17, 15) is 14.4 Å². The van der Waals surface area contributed by atoms with Gasteiger partial charge in [-0.2, -0.15) is 0 Å². The summed E-state index contributed by atoms with van der Waals surface area (Å²) < 4.78 is 5.87. The summed E-state index contributed by atoms with van der Waals surface area (Å²) in [6, 6.07) is 7.42. The van der Waals surface area contributed by atoms with Gasteiger partial charge >= 0.3 is 5.97 Å². The number of rotatable bonds is 3. The van der Waals surface area contributed by atoms with Crippen LogP contribution in [0.15, 0.2) is 35.9 Å². The van der Waals surface area contributed by atoms with Crippen LogP contribution in [0, 0.1) is 50.2 Å². The Morgan fingerprint density at radius 1 is 0.909 bits per heavy atom. The van der Waals surface area contributed by atoms with Gasteiger partial charge in [0.25, 0.3) is 0 Å². The number of halogens is 1. The fraction of sp³-hybridized carbons (Fsp3) is 0.711. The van der Waals surface area contributed by atoms with Crippen molar-refractivity contribution in [1.82, 2.24) is 0 Å². The summed E-state index contributed by atoms with van der Waals surface area (Å²) in [5.74, 6) is 0.501. The van der Waals surface area contributed by atoms with E-state index in [1.807, 2.05) is 18.2 Å². The van der Waals surface area contributed by atoms with Crippen LogP contribution >= 0.6 is 11.6 Å². The number of nitrogens with one attached hydrogen (secondary N) is 1. The predicted molar refractivity (Wildman–Crippen MR) is 175 cm³/mol. The molecule has 0 saturated heterocycles. The number of carbonyl (C=O) groups excluding carboxylic acids is 3. The molecule has 44 heavy (non-hydrogen) atoms. The summed E-state index contributed by atoms with van der Waals surface area (Å²) in [4.78, 5) is 40.5. The van der Waals surface area contributed by atoms with Crippen molar-refractivity contribution >= 4 is 34.9 Å². The highest BCUT2D eigenvalue weighted by atomic mass is 35.5. The Labute approximate surface area is 269 Å². The van der Waals surface area contributed by atoms with Crippen molar-refractivity contribution < 1.29 is 19.1 Å². The Morgan fingerprint density at radius 3 is 2.27 bits per heavy atom. The van der Waals surface area contributed by atoms with Gasteiger partial charge in [-0.15, -0.1) is 0 Å². The van der Waals surface area contributed by atoms with Crippen molar-refractivity contribution in [3.05, 3.63) is 40.9 Å². The Kier molecular flexibility index (Phi) is 7.36. The third-order valence-corrected chi connectivity index (χ3v) is 14.8. The molecule has 0 radical (unpaired) electrons. The van der Waals surface area contributed by atoms with Crippen molar-refractivity contribution in [3.8, 4) is 0 Å². The number of ketones is 1. The lowest BCUT2D eigenvalue weighted by molar-refractivity contribution is -0.210. The maximum atomic E-state index is 14.7. The lowest BCUT2D eigenvalue weighted by atomic mass is 9.33. The summed E-state index contributed by atoms with van der Waals surface area (Å²) in [5, 5.41) is 3.69. The molecule has 6 rings (SSSR count). The molecule has 1 amide bonds. The standard InChI is InChI=1S/C38H52ClNO4/c1-23(41)44-30-14-15-36(6)29(33(30,2)3)13-16-38(8)31(36)28(42)21-24-25-22-35(5,18-17-34(25,4)19-20-37(24,38)7)32(43)40-27-12-10-9-11-26(27)39/h9-12,21,25,29-31H,13-20,22H2,1-8H3,(H,40,43)/t25-,29-,30+,31-,34-,35+,36-,37+,38-/m1/s1. The molecule has 9 atom stereocenters. The molecule has 5 nitrogen and oxygen atoms in total. The largest absolute Gasteiger partial charge is 0.462 e. The van der Waals surface area contributed by atoms with Crippen LogP contribution in [0.4, 0.5) is 5.69 Å². The monoisotopic (exact) mass is 621 g/mol. The normalized spacial score (nSPS) is 44.2. The number of carbonyl (C=O) groups is 3. The van der Waals surface area contributed by atoms with Crippen LogP contribution < -0.4 is 5.32 Å². The number of hydrogen-bond donors (Lipinski definition) is 1. The van der Waals surface area contributed by atoms with E-state index in [2.05, 4.69) is 59.9 Å². The SMILES string of the molecule is CC(=O)O[C@H]1CC[C@]2(C)[C@H](CC[C@]3(C)[C@@H]2C(=O)C=C2[C@H]4C[C@@](C)(C(=O)Nc5ccccc5Cl)CC[C@]4(C)CC[C@@]23C)C1(C)C. The molecule has 1 aromatic rings. The van der Waals surface area contributed by atoms with Gasteiger partial charge < -0.3 is 10.1 Å². The fourth-order valence-electron chi connectivity index (χ4n) is 11.6. The summed E-state index contributed by atoms with van der Waals surface area (Å²) in [7, 11) is 0. The molecule has 240 valence electrons. The van der Waals surface area contributed by atoms with Gasteiger partial charge in [0.1, 0.15) is 6.10 Å². The second-order valence-electron chi connectivity index (χ2n) is 17.1. The molecule has 1 aromatic carbocycles. The van der Waals surface area contributed by atoms with Gasteiger partial charge in [-0.05, 0) is 109 Å². The number of anilines is 1. The number of allylic oxidation sites excluding steroid dienone is 2. The van der Waals surface area contributed by atoms with Crippen LogP contribution in [0.2, 0.25) is 5.02 Å². The van der Waals surface area contributed by atoms with Crippen LogP contribution in [0.1, 0.15) is 113 Å². The first-order chi connectivity index (χ1) is 20.4. The third kappa shape index (κ3) is 4.41. The second-order valence-corrected chi connectivity index (χ2v) is 17.6. The zero-order valence-corrected chi connectivity index (χ0v) is 28.8. The minimum absolute atomic E-state index is 0.0199. The number of amides is 1. The minimum atomic E-state index is -0.550. The average Bonchev–Trinajstić information content (AvgIpc) is 2.93. The molecule has 4 fully saturated rings. The molecule has 4 saturated carbocycles. The van der Waals surface area contributed by atoms with Gasteiger partial charge in [0.05, 0.1) is 10.7 Å². The first kappa shape index (κ1) is 31.8. The third-order valence-electron chi connectivity index (χ3n) is 14.5. The van der Waals surface area contributed by atoms with Crippen molar-refractivity contribution in [2.24, 2.45) is 50.2 Å². The van der Waals surface area contributed by atoms with Gasteiger partial charge in [-0.3, -0.25) is 14.4 Å². The molecule has 0 aromatic heterocycles. The van der Waals surface area contributed by atoms with Crippen LogP contribution in [-0.4, -0.2) is 23.8 Å². The number of para-hydroxylation sites is 1. The van der Waals surface area contributed by atoms with Gasteiger partial charge in [-0.1, -0.05) is 77.8 Å². The van der Waals surface area contributed by atoms with E-state index in [4.69, 9.17) is 16.3 Å². The first-order valence-electron chi connectivity index (χ1n) is 16.9. The lowest BCUT2D eigenvalue weighted by Crippen LogP contribution is -2.66. The molecular formula is C38H52ClNO4. The lowest BCUT2D eigenvalue weighted by Gasteiger charge is -2.70. The maximum absolute atomic E-state index is 14.7. The number of esters is 1. The van der Waals surface area contributed by atoms with Crippen LogP contribution in [0.3, 0.4) is 0 Å². The number of hydrogen-bond acceptors (Lipinski definition) is 4. The molecule has 1 N–H and O–H groups in total. The smallest absolute Gasteiger partial charge is 0.302 e. The summed E-state index contributed by atoms with van der Waals surface area (Å²) in [6.45, 7) is 17.8. The Balaban J connectivity index is 1.35. The Morgan fingerprint density at radius 2 is 1.59 bits per heavy atom. The van der Waals surface area contributed by atoms with Crippen molar-refractivity contribution in [3.63, 3.8) is 0 Å². The van der Waals surface area contributed by atoms with E-state index in [0.717, 1.165) is 57.8 Å². The van der Waals surface area contributed by atoms with Gasteiger partial charge in [0.15, 0.2) is 5.78 Å². The minimum Gasteiger partial charge on any atom is -0.462 e. The van der Waals surface area contributed by atoms with Gasteiger partial charge in [0.2, 0.25) is 5.91 Å². The zero-order valence-electron chi connectivity index (χ0n) is 28.1. The van der Waals surface area contributed by atoms with Crippen LogP contribution in [0.25, 0.3) is 0 Å².